The van der Waals surface area contributed by atoms with E-state index in [9.17, 15) is 14.5 Å². The van der Waals surface area contributed by atoms with Crippen LogP contribution in [0.5, 0.6) is 0 Å². The number of nitrogens with one attached hydrogen (secondary N) is 1. The fraction of sp³-hybridized carbons (Fsp3) is 0.200. The van der Waals surface area contributed by atoms with Crippen molar-refractivity contribution < 1.29 is 9.31 Å². The molecule has 0 fully saturated rings. The number of nitrogens with zero attached hydrogens (tertiary/aromatic N) is 1. The van der Waals surface area contributed by atoms with E-state index in [0.717, 1.165) is 6.07 Å². The largest absolute Gasteiger partial charge is 0.376 e. The normalized spacial score (nSPS) is 9.73. The Kier molecular flexibility index (Phi) is 3.38. The van der Waals surface area contributed by atoms with Crippen LogP contribution in [-0.4, -0.2) is 11.5 Å². The zero-order chi connectivity index (χ0) is 11.4. The van der Waals surface area contributed by atoms with Crippen LogP contribution in [-0.2, 0) is 0 Å². The molecule has 0 unspecified atom stereocenters. The van der Waals surface area contributed by atoms with Crippen LogP contribution in [0, 0.1) is 22.9 Å². The highest BCUT2D eigenvalue weighted by Gasteiger charge is 2.16. The highest BCUT2D eigenvalue weighted by atomic mass is 19.1. The quantitative estimate of drug-likeness (QED) is 0.472. The number of rotatable bonds is 4. The van der Waals surface area contributed by atoms with Gasteiger partial charge in [0.25, 0.3) is 5.69 Å². The van der Waals surface area contributed by atoms with E-state index in [0.29, 0.717) is 17.8 Å². The average Bonchev–Trinajstić information content (AvgIpc) is 2.19. The van der Waals surface area contributed by atoms with Crippen LogP contribution in [0.25, 0.3) is 0 Å². The van der Waals surface area contributed by atoms with E-state index in [-0.39, 0.29) is 5.69 Å². The van der Waals surface area contributed by atoms with E-state index < -0.39 is 10.7 Å². The van der Waals surface area contributed by atoms with Gasteiger partial charge in [-0.25, -0.2) is 4.39 Å². The van der Waals surface area contributed by atoms with E-state index in [1.54, 1.807) is 13.0 Å². The predicted octanol–water partition coefficient (Wildman–Crippen LogP) is 2.64. The lowest BCUT2D eigenvalue weighted by atomic mass is 10.2. The molecule has 0 aliphatic heterocycles. The smallest absolute Gasteiger partial charge is 0.295 e. The molecule has 0 aromatic heterocycles. The van der Waals surface area contributed by atoms with Crippen LogP contribution >= 0.6 is 0 Å². The molecule has 15 heavy (non-hydrogen) atoms. The van der Waals surface area contributed by atoms with Crippen molar-refractivity contribution in [2.45, 2.75) is 6.92 Å². The van der Waals surface area contributed by atoms with Crippen molar-refractivity contribution >= 4 is 11.4 Å². The minimum atomic E-state index is -0.617. The maximum atomic E-state index is 13.1. The second kappa shape index (κ2) is 4.54. The minimum absolute atomic E-state index is 0.264. The van der Waals surface area contributed by atoms with Crippen LogP contribution in [0.15, 0.2) is 24.8 Å². The van der Waals surface area contributed by atoms with Gasteiger partial charge in [-0.2, -0.15) is 0 Å². The average molecular weight is 210 g/mol. The van der Waals surface area contributed by atoms with Gasteiger partial charge in [0.2, 0.25) is 0 Å². The first-order valence-corrected chi connectivity index (χ1v) is 4.35. The van der Waals surface area contributed by atoms with Gasteiger partial charge in [-0.3, -0.25) is 10.1 Å². The molecular formula is C10H11FN2O2. The SMILES string of the molecule is C=CCNc1cc(C)c(F)cc1[N+](=O)[O-]. The fourth-order valence-corrected chi connectivity index (χ4v) is 1.15. The monoisotopic (exact) mass is 210 g/mol. The van der Waals surface area contributed by atoms with Gasteiger partial charge in [-0.05, 0) is 18.6 Å². The van der Waals surface area contributed by atoms with Gasteiger partial charge in [-0.15, -0.1) is 6.58 Å². The van der Waals surface area contributed by atoms with Crippen LogP contribution in [0.3, 0.4) is 0 Å². The Morgan fingerprint density at radius 3 is 2.87 bits per heavy atom. The highest BCUT2D eigenvalue weighted by molar-refractivity contribution is 5.63. The van der Waals surface area contributed by atoms with Crippen LogP contribution in [0.4, 0.5) is 15.8 Å². The molecule has 80 valence electrons. The van der Waals surface area contributed by atoms with E-state index in [1.807, 2.05) is 0 Å². The number of anilines is 1. The first-order chi connectivity index (χ1) is 7.06. The summed E-state index contributed by atoms with van der Waals surface area (Å²) in [7, 11) is 0. The van der Waals surface area contributed by atoms with Crippen molar-refractivity contribution in [3.05, 3.63) is 46.3 Å². The summed E-state index contributed by atoms with van der Waals surface area (Å²) >= 11 is 0. The first-order valence-electron chi connectivity index (χ1n) is 4.35. The Bertz CT molecular complexity index is 405. The molecule has 0 saturated carbocycles. The van der Waals surface area contributed by atoms with Gasteiger partial charge in [0, 0.05) is 6.54 Å². The summed E-state index contributed by atoms with van der Waals surface area (Å²) < 4.78 is 13.1. The van der Waals surface area contributed by atoms with Crippen molar-refractivity contribution in [2.75, 3.05) is 11.9 Å². The molecule has 5 heteroatoms. The van der Waals surface area contributed by atoms with Gasteiger partial charge in [0.05, 0.1) is 11.0 Å². The predicted molar refractivity (Wildman–Crippen MR) is 56.5 cm³/mol. The topological polar surface area (TPSA) is 55.2 Å². The number of nitro groups is 1. The number of aryl methyl sites for hydroxylation is 1. The van der Waals surface area contributed by atoms with Gasteiger partial charge in [0.15, 0.2) is 0 Å². The number of hydrogen-bond donors (Lipinski definition) is 1. The molecule has 0 radical (unpaired) electrons. The second-order valence-corrected chi connectivity index (χ2v) is 3.05. The van der Waals surface area contributed by atoms with Crippen molar-refractivity contribution in [2.24, 2.45) is 0 Å². The molecule has 1 aromatic carbocycles. The Hall–Kier alpha value is -1.91. The summed E-state index contributed by atoms with van der Waals surface area (Å²) in [5, 5.41) is 13.4. The number of hydrogen-bond acceptors (Lipinski definition) is 3. The van der Waals surface area contributed by atoms with Crippen molar-refractivity contribution in [3.8, 4) is 0 Å². The summed E-state index contributed by atoms with van der Waals surface area (Å²) in [5.74, 6) is -0.578. The third-order valence-corrected chi connectivity index (χ3v) is 1.91. The van der Waals surface area contributed by atoms with Crippen LogP contribution in [0.1, 0.15) is 5.56 Å². The number of halogens is 1. The molecule has 4 nitrogen and oxygen atoms in total. The number of nitro benzene ring substituents is 1. The molecule has 0 bridgehead atoms. The van der Waals surface area contributed by atoms with Crippen molar-refractivity contribution in [1.82, 2.24) is 0 Å². The molecule has 0 atom stereocenters. The lowest BCUT2D eigenvalue weighted by Crippen LogP contribution is -2.03. The molecule has 1 N–H and O–H groups in total. The summed E-state index contributed by atoms with van der Waals surface area (Å²) in [6.07, 6.45) is 1.57. The molecule has 0 aliphatic rings. The van der Waals surface area contributed by atoms with E-state index >= 15 is 0 Å². The maximum absolute atomic E-state index is 13.1. The fourth-order valence-electron chi connectivity index (χ4n) is 1.15. The second-order valence-electron chi connectivity index (χ2n) is 3.05. The first kappa shape index (κ1) is 11.2. The molecule has 0 amide bonds. The van der Waals surface area contributed by atoms with Gasteiger partial charge in [0.1, 0.15) is 11.5 Å². The Morgan fingerprint density at radius 1 is 1.67 bits per heavy atom. The van der Waals surface area contributed by atoms with Crippen LogP contribution in [0.2, 0.25) is 0 Å². The lowest BCUT2D eigenvalue weighted by molar-refractivity contribution is -0.384. The molecule has 0 spiro atoms. The highest BCUT2D eigenvalue weighted by Crippen LogP contribution is 2.27. The lowest BCUT2D eigenvalue weighted by Gasteiger charge is -2.06. The summed E-state index contributed by atoms with van der Waals surface area (Å²) in [6, 6.07) is 2.33. The molecule has 1 rings (SSSR count). The third-order valence-electron chi connectivity index (χ3n) is 1.91. The molecule has 0 saturated heterocycles. The van der Waals surface area contributed by atoms with Gasteiger partial charge < -0.3 is 5.32 Å². The molecule has 0 heterocycles. The molecule has 0 aliphatic carbocycles. The Balaban J connectivity index is 3.15. The third kappa shape index (κ3) is 2.52. The zero-order valence-electron chi connectivity index (χ0n) is 8.29. The van der Waals surface area contributed by atoms with Gasteiger partial charge in [-0.1, -0.05) is 6.08 Å². The van der Waals surface area contributed by atoms with Crippen LogP contribution < -0.4 is 5.32 Å². The Morgan fingerprint density at radius 2 is 2.33 bits per heavy atom. The van der Waals surface area contributed by atoms with E-state index in [2.05, 4.69) is 11.9 Å². The van der Waals surface area contributed by atoms with Crippen molar-refractivity contribution in [3.63, 3.8) is 0 Å². The Labute approximate surface area is 86.6 Å². The van der Waals surface area contributed by atoms with Gasteiger partial charge >= 0.3 is 0 Å². The summed E-state index contributed by atoms with van der Waals surface area (Å²) in [4.78, 5) is 10.0. The minimum Gasteiger partial charge on any atom is -0.376 e. The van der Waals surface area contributed by atoms with Crippen molar-refractivity contribution in [1.29, 1.82) is 0 Å². The standard InChI is InChI=1S/C10H11FN2O2/c1-3-4-12-9-5-7(2)8(11)6-10(9)13(14)15/h3,5-6,12H,1,4H2,2H3. The molecular weight excluding hydrogens is 199 g/mol. The molecule has 1 aromatic rings. The van der Waals surface area contributed by atoms with E-state index in [4.69, 9.17) is 0 Å². The van der Waals surface area contributed by atoms with E-state index in [1.165, 1.54) is 6.07 Å². The zero-order valence-corrected chi connectivity index (χ0v) is 8.29. The summed E-state index contributed by atoms with van der Waals surface area (Å²) in [5.41, 5.74) is 0.408. The summed E-state index contributed by atoms with van der Waals surface area (Å²) in [6.45, 7) is 5.43. The maximum Gasteiger partial charge on any atom is 0.295 e. The number of benzene rings is 1.